The molecule has 2 aromatic carbocycles. The summed E-state index contributed by atoms with van der Waals surface area (Å²) in [5, 5.41) is 14.8. The highest BCUT2D eigenvalue weighted by Crippen LogP contribution is 2.35. The number of hydrogen-bond acceptors (Lipinski definition) is 6. The van der Waals surface area contributed by atoms with Crippen molar-refractivity contribution in [2.24, 2.45) is 0 Å². The standard InChI is InChI=1S/C21H16ClN5O2/c1-3-28-19-9-14(11-23)7-8-18(19)29-21-17-12-24-27(20(17)25-13(2)26-21)16-6-4-5-15(22)10-16/h4-10,12H,3H2,1-2H3. The molecular weight excluding hydrogens is 390 g/mol. The first-order valence-corrected chi connectivity index (χ1v) is 9.30. The van der Waals surface area contributed by atoms with E-state index in [4.69, 9.17) is 26.3 Å². The van der Waals surface area contributed by atoms with Gasteiger partial charge in [-0.3, -0.25) is 0 Å². The van der Waals surface area contributed by atoms with E-state index < -0.39 is 0 Å². The Hall–Kier alpha value is -3.63. The third-order valence-electron chi connectivity index (χ3n) is 4.14. The highest BCUT2D eigenvalue weighted by Gasteiger charge is 2.17. The average Bonchev–Trinajstić information content (AvgIpc) is 3.13. The van der Waals surface area contributed by atoms with E-state index in [9.17, 15) is 0 Å². The second kappa shape index (κ2) is 7.78. The van der Waals surface area contributed by atoms with Gasteiger partial charge in [-0.1, -0.05) is 17.7 Å². The molecule has 0 aliphatic carbocycles. The van der Waals surface area contributed by atoms with Crippen molar-refractivity contribution in [1.82, 2.24) is 19.7 Å². The Morgan fingerprint density at radius 3 is 2.76 bits per heavy atom. The number of halogens is 1. The molecule has 4 rings (SSSR count). The van der Waals surface area contributed by atoms with Gasteiger partial charge in [0.05, 0.1) is 30.1 Å². The summed E-state index contributed by atoms with van der Waals surface area (Å²) in [5.74, 6) is 1.81. The van der Waals surface area contributed by atoms with Gasteiger partial charge >= 0.3 is 0 Å². The molecule has 144 valence electrons. The van der Waals surface area contributed by atoms with Crippen LogP contribution in [-0.2, 0) is 0 Å². The maximum atomic E-state index is 9.13. The summed E-state index contributed by atoms with van der Waals surface area (Å²) < 4.78 is 13.4. The molecule has 29 heavy (non-hydrogen) atoms. The summed E-state index contributed by atoms with van der Waals surface area (Å²) in [6.07, 6.45) is 1.65. The van der Waals surface area contributed by atoms with E-state index in [1.54, 1.807) is 48.1 Å². The molecule has 4 aromatic rings. The van der Waals surface area contributed by atoms with Crippen LogP contribution in [0.3, 0.4) is 0 Å². The van der Waals surface area contributed by atoms with Crippen LogP contribution in [0.4, 0.5) is 0 Å². The van der Waals surface area contributed by atoms with Crippen molar-refractivity contribution in [2.75, 3.05) is 6.61 Å². The number of nitriles is 1. The highest BCUT2D eigenvalue weighted by atomic mass is 35.5. The molecular formula is C21H16ClN5O2. The van der Waals surface area contributed by atoms with E-state index in [2.05, 4.69) is 21.1 Å². The van der Waals surface area contributed by atoms with Gasteiger partial charge in [-0.15, -0.1) is 0 Å². The molecule has 2 aromatic heterocycles. The Bertz CT molecular complexity index is 1250. The van der Waals surface area contributed by atoms with E-state index in [1.165, 1.54) is 0 Å². The van der Waals surface area contributed by atoms with Crippen LogP contribution in [0.25, 0.3) is 16.7 Å². The molecule has 0 aliphatic rings. The minimum Gasteiger partial charge on any atom is -0.490 e. The molecule has 0 bridgehead atoms. The number of rotatable bonds is 5. The molecule has 0 fully saturated rings. The van der Waals surface area contributed by atoms with Gasteiger partial charge in [0.15, 0.2) is 17.1 Å². The van der Waals surface area contributed by atoms with Crippen molar-refractivity contribution < 1.29 is 9.47 Å². The predicted octanol–water partition coefficient (Wildman–Crippen LogP) is 4.84. The van der Waals surface area contributed by atoms with Crippen LogP contribution in [0.1, 0.15) is 18.3 Å². The van der Waals surface area contributed by atoms with Gasteiger partial charge < -0.3 is 9.47 Å². The van der Waals surface area contributed by atoms with Crippen molar-refractivity contribution in [3.05, 3.63) is 65.1 Å². The van der Waals surface area contributed by atoms with Gasteiger partial charge in [-0.2, -0.15) is 15.3 Å². The summed E-state index contributed by atoms with van der Waals surface area (Å²) in [4.78, 5) is 8.95. The van der Waals surface area contributed by atoms with E-state index in [0.717, 1.165) is 5.69 Å². The highest BCUT2D eigenvalue weighted by molar-refractivity contribution is 6.30. The number of benzene rings is 2. The number of ether oxygens (including phenoxy) is 2. The lowest BCUT2D eigenvalue weighted by Gasteiger charge is -2.12. The Kier molecular flexibility index (Phi) is 5.02. The largest absolute Gasteiger partial charge is 0.490 e. The first kappa shape index (κ1) is 18.7. The molecule has 8 heteroatoms. The van der Waals surface area contributed by atoms with E-state index >= 15 is 0 Å². The summed E-state index contributed by atoms with van der Waals surface area (Å²) in [5.41, 5.74) is 1.87. The van der Waals surface area contributed by atoms with Crippen molar-refractivity contribution in [3.63, 3.8) is 0 Å². The molecule has 0 spiro atoms. The lowest BCUT2D eigenvalue weighted by atomic mass is 10.2. The third-order valence-corrected chi connectivity index (χ3v) is 4.37. The number of aryl methyl sites for hydroxylation is 1. The quantitative estimate of drug-likeness (QED) is 0.472. The van der Waals surface area contributed by atoms with Gasteiger partial charge in [-0.05, 0) is 44.2 Å². The Labute approximate surface area is 172 Å². The van der Waals surface area contributed by atoms with E-state index in [1.807, 2.05) is 19.1 Å². The fraction of sp³-hybridized carbons (Fsp3) is 0.143. The van der Waals surface area contributed by atoms with Gasteiger partial charge in [0, 0.05) is 11.1 Å². The first-order chi connectivity index (χ1) is 14.1. The van der Waals surface area contributed by atoms with Crippen LogP contribution >= 0.6 is 11.6 Å². The average molecular weight is 406 g/mol. The fourth-order valence-electron chi connectivity index (χ4n) is 2.89. The van der Waals surface area contributed by atoms with Crippen LogP contribution in [0.5, 0.6) is 17.4 Å². The van der Waals surface area contributed by atoms with Gasteiger partial charge in [0.1, 0.15) is 11.2 Å². The monoisotopic (exact) mass is 405 g/mol. The molecule has 0 radical (unpaired) electrons. The summed E-state index contributed by atoms with van der Waals surface area (Å²) in [7, 11) is 0. The minimum atomic E-state index is 0.353. The molecule has 7 nitrogen and oxygen atoms in total. The number of fused-ring (bicyclic) bond motifs is 1. The number of aromatic nitrogens is 4. The zero-order valence-corrected chi connectivity index (χ0v) is 16.5. The minimum absolute atomic E-state index is 0.353. The topological polar surface area (TPSA) is 85.8 Å². The van der Waals surface area contributed by atoms with Crippen LogP contribution in [0.2, 0.25) is 5.02 Å². The van der Waals surface area contributed by atoms with Gasteiger partial charge in [0.2, 0.25) is 5.88 Å². The lowest BCUT2D eigenvalue weighted by molar-refractivity contribution is 0.320. The molecule has 0 saturated carbocycles. The number of hydrogen-bond donors (Lipinski definition) is 0. The summed E-state index contributed by atoms with van der Waals surface area (Å²) >= 11 is 6.12. The SMILES string of the molecule is CCOc1cc(C#N)ccc1Oc1nc(C)nc2c1cnn2-c1cccc(Cl)c1. The van der Waals surface area contributed by atoms with Crippen LogP contribution in [0.15, 0.2) is 48.7 Å². The van der Waals surface area contributed by atoms with Crippen LogP contribution in [0, 0.1) is 18.3 Å². The van der Waals surface area contributed by atoms with Crippen molar-refractivity contribution in [3.8, 4) is 29.1 Å². The molecule has 0 atom stereocenters. The molecule has 2 heterocycles. The maximum absolute atomic E-state index is 9.13. The molecule has 0 unspecified atom stereocenters. The molecule has 0 saturated heterocycles. The summed E-state index contributed by atoms with van der Waals surface area (Å²) in [6.45, 7) is 4.09. The second-order valence-corrected chi connectivity index (χ2v) is 6.59. The smallest absolute Gasteiger partial charge is 0.233 e. The maximum Gasteiger partial charge on any atom is 0.233 e. The van der Waals surface area contributed by atoms with Crippen LogP contribution < -0.4 is 9.47 Å². The van der Waals surface area contributed by atoms with Crippen molar-refractivity contribution in [2.45, 2.75) is 13.8 Å². The molecule has 0 aliphatic heterocycles. The van der Waals surface area contributed by atoms with Crippen LogP contribution in [-0.4, -0.2) is 26.4 Å². The zero-order chi connectivity index (χ0) is 20.4. The fourth-order valence-corrected chi connectivity index (χ4v) is 3.08. The van der Waals surface area contributed by atoms with Crippen molar-refractivity contribution >= 4 is 22.6 Å². The predicted molar refractivity (Wildman–Crippen MR) is 109 cm³/mol. The summed E-state index contributed by atoms with van der Waals surface area (Å²) in [6, 6.07) is 14.4. The third kappa shape index (κ3) is 3.71. The lowest BCUT2D eigenvalue weighted by Crippen LogP contribution is -2.01. The Morgan fingerprint density at radius 1 is 1.14 bits per heavy atom. The normalized spacial score (nSPS) is 10.7. The molecule has 0 N–H and O–H groups in total. The van der Waals surface area contributed by atoms with Crippen molar-refractivity contribution in [1.29, 1.82) is 5.26 Å². The Morgan fingerprint density at radius 2 is 2.00 bits per heavy atom. The zero-order valence-electron chi connectivity index (χ0n) is 15.8. The second-order valence-electron chi connectivity index (χ2n) is 6.16. The molecule has 0 amide bonds. The van der Waals surface area contributed by atoms with E-state index in [-0.39, 0.29) is 0 Å². The number of nitrogens with zero attached hydrogens (tertiary/aromatic N) is 5. The van der Waals surface area contributed by atoms with Gasteiger partial charge in [0.25, 0.3) is 0 Å². The van der Waals surface area contributed by atoms with Gasteiger partial charge in [-0.25, -0.2) is 9.67 Å². The Balaban J connectivity index is 1.81. The van der Waals surface area contributed by atoms with E-state index in [0.29, 0.717) is 51.4 Å². The first-order valence-electron chi connectivity index (χ1n) is 8.92.